The van der Waals surface area contributed by atoms with E-state index < -0.39 is 5.91 Å². The molecule has 1 aliphatic rings. The van der Waals surface area contributed by atoms with Crippen LogP contribution >= 0.6 is 0 Å². The summed E-state index contributed by atoms with van der Waals surface area (Å²) in [6, 6.07) is 4.83. The Labute approximate surface area is 136 Å². The topological polar surface area (TPSA) is 96.7 Å². The van der Waals surface area contributed by atoms with Crippen LogP contribution in [0.5, 0.6) is 0 Å². The highest BCUT2D eigenvalue weighted by Crippen LogP contribution is 2.29. The van der Waals surface area contributed by atoms with E-state index in [1.54, 1.807) is 19.2 Å². The summed E-state index contributed by atoms with van der Waals surface area (Å²) in [6.45, 7) is 2.73. The zero-order valence-electron chi connectivity index (χ0n) is 13.4. The van der Waals surface area contributed by atoms with Gasteiger partial charge >= 0.3 is 6.03 Å². The predicted molar refractivity (Wildman–Crippen MR) is 89.9 cm³/mol. The van der Waals surface area contributed by atoms with Gasteiger partial charge in [0.05, 0.1) is 18.0 Å². The SMILES string of the molecule is COCCNC(=O)Nc1cc(C(N)=O)ccc1N1CCCCC1. The molecule has 7 nitrogen and oxygen atoms in total. The van der Waals surface area contributed by atoms with Crippen LogP contribution in [0.4, 0.5) is 16.2 Å². The minimum Gasteiger partial charge on any atom is -0.383 e. The van der Waals surface area contributed by atoms with Gasteiger partial charge in [0.15, 0.2) is 0 Å². The number of ether oxygens (including phenoxy) is 1. The molecule has 3 amide bonds. The van der Waals surface area contributed by atoms with E-state index in [0.29, 0.717) is 24.4 Å². The van der Waals surface area contributed by atoms with E-state index in [0.717, 1.165) is 31.6 Å². The van der Waals surface area contributed by atoms with Gasteiger partial charge in [-0.25, -0.2) is 4.79 Å². The molecule has 0 unspecified atom stereocenters. The number of urea groups is 1. The molecular formula is C16H24N4O3. The smallest absolute Gasteiger partial charge is 0.319 e. The summed E-state index contributed by atoms with van der Waals surface area (Å²) < 4.78 is 4.90. The molecule has 126 valence electrons. The first-order valence-electron chi connectivity index (χ1n) is 7.84. The highest BCUT2D eigenvalue weighted by Gasteiger charge is 2.17. The Morgan fingerprint density at radius 3 is 2.65 bits per heavy atom. The van der Waals surface area contributed by atoms with Crippen LogP contribution in [0.15, 0.2) is 18.2 Å². The third-order valence-corrected chi connectivity index (χ3v) is 3.82. The number of carbonyl (C=O) groups is 2. The third kappa shape index (κ3) is 4.85. The van der Waals surface area contributed by atoms with Crippen molar-refractivity contribution in [3.8, 4) is 0 Å². The lowest BCUT2D eigenvalue weighted by atomic mass is 10.1. The van der Waals surface area contributed by atoms with Crippen LogP contribution in [0, 0.1) is 0 Å². The van der Waals surface area contributed by atoms with Crippen LogP contribution in [0.25, 0.3) is 0 Å². The molecule has 4 N–H and O–H groups in total. The molecule has 1 aromatic rings. The van der Waals surface area contributed by atoms with Crippen molar-refractivity contribution in [1.29, 1.82) is 0 Å². The number of nitrogens with two attached hydrogens (primary N) is 1. The fourth-order valence-corrected chi connectivity index (χ4v) is 2.63. The molecule has 0 radical (unpaired) electrons. The Morgan fingerprint density at radius 2 is 2.00 bits per heavy atom. The molecular weight excluding hydrogens is 296 g/mol. The van der Waals surface area contributed by atoms with E-state index in [-0.39, 0.29) is 6.03 Å². The Balaban J connectivity index is 2.16. The fourth-order valence-electron chi connectivity index (χ4n) is 2.63. The lowest BCUT2D eigenvalue weighted by molar-refractivity contribution is 0.100. The Hall–Kier alpha value is -2.28. The number of nitrogens with zero attached hydrogens (tertiary/aromatic N) is 1. The number of rotatable bonds is 6. The minimum absolute atomic E-state index is 0.332. The summed E-state index contributed by atoms with van der Waals surface area (Å²) in [5, 5.41) is 5.51. The zero-order valence-corrected chi connectivity index (χ0v) is 13.4. The van der Waals surface area contributed by atoms with Crippen molar-refractivity contribution < 1.29 is 14.3 Å². The maximum absolute atomic E-state index is 12.0. The van der Waals surface area contributed by atoms with E-state index >= 15 is 0 Å². The molecule has 1 aliphatic heterocycles. The molecule has 0 aliphatic carbocycles. The highest BCUT2D eigenvalue weighted by molar-refractivity contribution is 5.98. The number of amides is 3. The molecule has 0 spiro atoms. The average molecular weight is 320 g/mol. The first kappa shape index (κ1) is 17.1. The first-order valence-corrected chi connectivity index (χ1v) is 7.84. The number of methoxy groups -OCH3 is 1. The van der Waals surface area contributed by atoms with Gasteiger partial charge in [-0.15, -0.1) is 0 Å². The van der Waals surface area contributed by atoms with E-state index in [2.05, 4.69) is 15.5 Å². The van der Waals surface area contributed by atoms with Gasteiger partial charge in [-0.3, -0.25) is 4.79 Å². The molecule has 1 saturated heterocycles. The highest BCUT2D eigenvalue weighted by atomic mass is 16.5. The number of piperidine rings is 1. The van der Waals surface area contributed by atoms with Gasteiger partial charge in [0.2, 0.25) is 5.91 Å². The first-order chi connectivity index (χ1) is 11.1. The number of benzene rings is 1. The summed E-state index contributed by atoms with van der Waals surface area (Å²) in [5.41, 5.74) is 7.22. The Kier molecular flexibility index (Phi) is 6.22. The standard InChI is InChI=1S/C16H24N4O3/c1-23-10-7-18-16(22)19-13-11-12(15(17)21)5-6-14(13)20-8-3-2-4-9-20/h5-6,11H,2-4,7-10H2,1H3,(H2,17,21)(H2,18,19,22). The van der Waals surface area contributed by atoms with Gasteiger partial charge in [-0.2, -0.15) is 0 Å². The average Bonchev–Trinajstić information content (AvgIpc) is 2.55. The molecule has 2 rings (SSSR count). The van der Waals surface area contributed by atoms with Crippen LogP contribution in [0.1, 0.15) is 29.6 Å². The van der Waals surface area contributed by atoms with Crippen LogP contribution in [0.3, 0.4) is 0 Å². The van der Waals surface area contributed by atoms with Crippen molar-refractivity contribution in [2.45, 2.75) is 19.3 Å². The van der Waals surface area contributed by atoms with Gasteiger partial charge in [0.25, 0.3) is 0 Å². The summed E-state index contributed by atoms with van der Waals surface area (Å²) in [5.74, 6) is -0.516. The van der Waals surface area contributed by atoms with Crippen LogP contribution < -0.4 is 21.3 Å². The zero-order chi connectivity index (χ0) is 16.7. The summed E-state index contributed by atoms with van der Waals surface area (Å²) in [7, 11) is 1.57. The molecule has 0 atom stereocenters. The number of primary amides is 1. The molecule has 1 heterocycles. The molecule has 0 saturated carbocycles. The van der Waals surface area contributed by atoms with E-state index in [1.807, 2.05) is 6.07 Å². The molecule has 0 bridgehead atoms. The maximum Gasteiger partial charge on any atom is 0.319 e. The lowest BCUT2D eigenvalue weighted by Gasteiger charge is -2.30. The summed E-state index contributed by atoms with van der Waals surface area (Å²) >= 11 is 0. The van der Waals surface area contributed by atoms with Crippen molar-refractivity contribution in [2.75, 3.05) is 43.6 Å². The predicted octanol–water partition coefficient (Wildman–Crippen LogP) is 1.54. The molecule has 7 heteroatoms. The molecule has 1 aromatic carbocycles. The van der Waals surface area contributed by atoms with Gasteiger partial charge < -0.3 is 26.0 Å². The van der Waals surface area contributed by atoms with Crippen molar-refractivity contribution in [3.05, 3.63) is 23.8 Å². The summed E-state index contributed by atoms with van der Waals surface area (Å²) in [4.78, 5) is 25.6. The summed E-state index contributed by atoms with van der Waals surface area (Å²) in [6.07, 6.45) is 3.46. The van der Waals surface area contributed by atoms with Gasteiger partial charge in [0, 0.05) is 32.3 Å². The van der Waals surface area contributed by atoms with Gasteiger partial charge in [-0.05, 0) is 37.5 Å². The van der Waals surface area contributed by atoms with Gasteiger partial charge in [0.1, 0.15) is 0 Å². The molecule has 1 fully saturated rings. The van der Waals surface area contributed by atoms with Crippen LogP contribution in [0.2, 0.25) is 0 Å². The van der Waals surface area contributed by atoms with E-state index in [4.69, 9.17) is 10.5 Å². The second-order valence-electron chi connectivity index (χ2n) is 5.52. The normalized spacial score (nSPS) is 14.4. The second-order valence-corrected chi connectivity index (χ2v) is 5.52. The number of anilines is 2. The number of hydrogen-bond donors (Lipinski definition) is 3. The monoisotopic (exact) mass is 320 g/mol. The maximum atomic E-state index is 12.0. The molecule has 0 aromatic heterocycles. The van der Waals surface area contributed by atoms with Crippen LogP contribution in [-0.2, 0) is 4.74 Å². The quantitative estimate of drug-likeness (QED) is 0.693. The number of nitrogens with one attached hydrogen (secondary N) is 2. The van der Waals surface area contributed by atoms with E-state index in [9.17, 15) is 9.59 Å². The number of carbonyl (C=O) groups excluding carboxylic acids is 2. The number of hydrogen-bond acceptors (Lipinski definition) is 4. The van der Waals surface area contributed by atoms with Crippen molar-refractivity contribution in [2.24, 2.45) is 5.73 Å². The Bertz CT molecular complexity index is 556. The Morgan fingerprint density at radius 1 is 1.26 bits per heavy atom. The van der Waals surface area contributed by atoms with Crippen molar-refractivity contribution >= 4 is 23.3 Å². The van der Waals surface area contributed by atoms with E-state index in [1.165, 1.54) is 6.42 Å². The third-order valence-electron chi connectivity index (χ3n) is 3.82. The largest absolute Gasteiger partial charge is 0.383 e. The second kappa shape index (κ2) is 8.38. The van der Waals surface area contributed by atoms with Crippen molar-refractivity contribution in [3.63, 3.8) is 0 Å². The molecule has 23 heavy (non-hydrogen) atoms. The fraction of sp³-hybridized carbons (Fsp3) is 0.500. The van der Waals surface area contributed by atoms with Gasteiger partial charge in [-0.1, -0.05) is 0 Å². The minimum atomic E-state index is -0.516. The van der Waals surface area contributed by atoms with Crippen molar-refractivity contribution in [1.82, 2.24) is 5.32 Å². The lowest BCUT2D eigenvalue weighted by Crippen LogP contribution is -2.34. The van der Waals surface area contributed by atoms with Crippen LogP contribution in [-0.4, -0.2) is 45.3 Å².